The number of aryl methyl sites for hydroxylation is 3. The zero-order chi connectivity index (χ0) is 12.3. The van der Waals surface area contributed by atoms with Gasteiger partial charge in [-0.05, 0) is 6.92 Å². The lowest BCUT2D eigenvalue weighted by Crippen LogP contribution is -2.21. The summed E-state index contributed by atoms with van der Waals surface area (Å²) in [6, 6.07) is 0.143. The molecule has 92 valence electrons. The van der Waals surface area contributed by atoms with Crippen LogP contribution in [0.2, 0.25) is 0 Å². The fourth-order valence-electron chi connectivity index (χ4n) is 1.88. The molecule has 2 rings (SSSR count). The molecule has 0 aromatic carbocycles. The molecule has 5 heteroatoms. The first-order valence-corrected chi connectivity index (χ1v) is 5.88. The predicted molar refractivity (Wildman–Crippen MR) is 66.5 cm³/mol. The van der Waals surface area contributed by atoms with Gasteiger partial charge in [0.25, 0.3) is 0 Å². The minimum Gasteiger partial charge on any atom is -0.338 e. The highest BCUT2D eigenvalue weighted by molar-refractivity contribution is 4.97. The van der Waals surface area contributed by atoms with Gasteiger partial charge in [-0.25, -0.2) is 9.97 Å². The summed E-state index contributed by atoms with van der Waals surface area (Å²) >= 11 is 0. The van der Waals surface area contributed by atoms with Crippen LogP contribution in [0.1, 0.15) is 18.6 Å². The first kappa shape index (κ1) is 11.9. The molecule has 0 saturated carbocycles. The summed E-state index contributed by atoms with van der Waals surface area (Å²) in [5.41, 5.74) is 5.80. The van der Waals surface area contributed by atoms with Crippen LogP contribution in [0.25, 0.3) is 0 Å². The number of nitrogens with two attached hydrogens (primary N) is 1. The Bertz CT molecular complexity index is 469. The van der Waals surface area contributed by atoms with E-state index in [2.05, 4.69) is 14.5 Å². The largest absolute Gasteiger partial charge is 0.338 e. The van der Waals surface area contributed by atoms with Gasteiger partial charge >= 0.3 is 0 Å². The SMILES string of the molecule is CC(N)Cc1nccn1CCc1nccn1C. The summed E-state index contributed by atoms with van der Waals surface area (Å²) in [4.78, 5) is 8.64. The monoisotopic (exact) mass is 233 g/mol. The molecule has 0 saturated heterocycles. The lowest BCUT2D eigenvalue weighted by molar-refractivity contribution is 0.595. The Hall–Kier alpha value is -1.62. The van der Waals surface area contributed by atoms with Crippen LogP contribution >= 0.6 is 0 Å². The number of aromatic nitrogens is 4. The van der Waals surface area contributed by atoms with E-state index in [0.29, 0.717) is 0 Å². The molecule has 0 radical (unpaired) electrons. The molecule has 1 atom stereocenters. The van der Waals surface area contributed by atoms with E-state index in [9.17, 15) is 0 Å². The molecule has 0 aliphatic heterocycles. The third-order valence-electron chi connectivity index (χ3n) is 2.80. The van der Waals surface area contributed by atoms with Gasteiger partial charge in [-0.1, -0.05) is 0 Å². The van der Waals surface area contributed by atoms with Gasteiger partial charge in [-0.3, -0.25) is 0 Å². The van der Waals surface area contributed by atoms with Crippen LogP contribution in [-0.2, 0) is 26.4 Å². The average molecular weight is 233 g/mol. The number of nitrogens with zero attached hydrogens (tertiary/aromatic N) is 4. The zero-order valence-corrected chi connectivity index (χ0v) is 10.4. The molecule has 2 aromatic rings. The molecule has 0 aliphatic carbocycles. The molecule has 0 amide bonds. The van der Waals surface area contributed by atoms with Crippen LogP contribution in [0.15, 0.2) is 24.8 Å². The first-order chi connectivity index (χ1) is 8.16. The molecular weight excluding hydrogens is 214 g/mol. The van der Waals surface area contributed by atoms with E-state index in [1.54, 1.807) is 0 Å². The van der Waals surface area contributed by atoms with E-state index in [-0.39, 0.29) is 6.04 Å². The van der Waals surface area contributed by atoms with Gasteiger partial charge in [-0.15, -0.1) is 0 Å². The van der Waals surface area contributed by atoms with Crippen molar-refractivity contribution >= 4 is 0 Å². The fourth-order valence-corrected chi connectivity index (χ4v) is 1.88. The Kier molecular flexibility index (Phi) is 3.58. The summed E-state index contributed by atoms with van der Waals surface area (Å²) in [5.74, 6) is 2.14. The molecule has 2 N–H and O–H groups in total. The topological polar surface area (TPSA) is 61.7 Å². The summed E-state index contributed by atoms with van der Waals surface area (Å²) in [7, 11) is 2.01. The van der Waals surface area contributed by atoms with Gasteiger partial charge in [0.05, 0.1) is 0 Å². The van der Waals surface area contributed by atoms with Crippen LogP contribution in [0.5, 0.6) is 0 Å². The van der Waals surface area contributed by atoms with Crippen molar-refractivity contribution < 1.29 is 0 Å². The van der Waals surface area contributed by atoms with Crippen molar-refractivity contribution in [1.82, 2.24) is 19.1 Å². The van der Waals surface area contributed by atoms with Crippen molar-refractivity contribution in [3.63, 3.8) is 0 Å². The maximum Gasteiger partial charge on any atom is 0.110 e. The molecule has 0 aliphatic rings. The highest BCUT2D eigenvalue weighted by Crippen LogP contribution is 2.04. The quantitative estimate of drug-likeness (QED) is 0.829. The Balaban J connectivity index is 1.99. The van der Waals surface area contributed by atoms with E-state index < -0.39 is 0 Å². The highest BCUT2D eigenvalue weighted by atomic mass is 15.1. The first-order valence-electron chi connectivity index (χ1n) is 5.88. The number of imidazole rings is 2. The lowest BCUT2D eigenvalue weighted by atomic mass is 10.2. The molecule has 0 fully saturated rings. The van der Waals surface area contributed by atoms with Crippen LogP contribution in [0.4, 0.5) is 0 Å². The van der Waals surface area contributed by atoms with Crippen LogP contribution in [-0.4, -0.2) is 25.1 Å². The Labute approximate surface area is 101 Å². The van der Waals surface area contributed by atoms with Crippen LogP contribution in [0, 0.1) is 0 Å². The molecule has 0 spiro atoms. The summed E-state index contributed by atoms with van der Waals surface area (Å²) in [6.07, 6.45) is 9.34. The molecule has 0 bridgehead atoms. The number of hydrogen-bond acceptors (Lipinski definition) is 3. The normalized spacial score (nSPS) is 12.9. The average Bonchev–Trinajstić information content (AvgIpc) is 2.84. The van der Waals surface area contributed by atoms with Gasteiger partial charge in [-0.2, -0.15) is 0 Å². The molecular formula is C12H19N5. The van der Waals surface area contributed by atoms with Gasteiger partial charge in [0.2, 0.25) is 0 Å². The standard InChI is InChI=1S/C12H19N5/c1-10(13)9-12-15-5-8-17(12)6-3-11-14-4-7-16(11)2/h4-5,7-8,10H,3,6,9,13H2,1-2H3. The van der Waals surface area contributed by atoms with Crippen molar-refractivity contribution in [1.29, 1.82) is 0 Å². The Morgan fingerprint density at radius 3 is 2.59 bits per heavy atom. The Morgan fingerprint density at radius 2 is 1.94 bits per heavy atom. The van der Waals surface area contributed by atoms with Crippen molar-refractivity contribution in [3.8, 4) is 0 Å². The number of hydrogen-bond donors (Lipinski definition) is 1. The minimum atomic E-state index is 0.143. The highest BCUT2D eigenvalue weighted by Gasteiger charge is 2.06. The molecule has 17 heavy (non-hydrogen) atoms. The molecule has 5 nitrogen and oxygen atoms in total. The van der Waals surface area contributed by atoms with Crippen molar-refractivity contribution in [2.45, 2.75) is 32.4 Å². The van der Waals surface area contributed by atoms with Crippen molar-refractivity contribution in [2.24, 2.45) is 12.8 Å². The van der Waals surface area contributed by atoms with Crippen molar-refractivity contribution in [2.75, 3.05) is 0 Å². The maximum absolute atomic E-state index is 5.80. The van der Waals surface area contributed by atoms with Crippen LogP contribution in [0.3, 0.4) is 0 Å². The lowest BCUT2D eigenvalue weighted by Gasteiger charge is -2.09. The zero-order valence-electron chi connectivity index (χ0n) is 10.4. The van der Waals surface area contributed by atoms with E-state index >= 15 is 0 Å². The second-order valence-electron chi connectivity index (χ2n) is 4.42. The third-order valence-corrected chi connectivity index (χ3v) is 2.80. The number of rotatable bonds is 5. The summed E-state index contributed by atoms with van der Waals surface area (Å²) in [6.45, 7) is 2.89. The van der Waals surface area contributed by atoms with E-state index in [1.807, 2.05) is 43.3 Å². The maximum atomic E-state index is 5.80. The van der Waals surface area contributed by atoms with Gasteiger partial charge in [0.15, 0.2) is 0 Å². The van der Waals surface area contributed by atoms with Gasteiger partial charge < -0.3 is 14.9 Å². The predicted octanol–water partition coefficient (Wildman–Crippen LogP) is 0.749. The second-order valence-corrected chi connectivity index (χ2v) is 4.42. The van der Waals surface area contributed by atoms with E-state index in [4.69, 9.17) is 5.73 Å². The van der Waals surface area contributed by atoms with E-state index in [1.165, 1.54) is 0 Å². The van der Waals surface area contributed by atoms with E-state index in [0.717, 1.165) is 31.0 Å². The van der Waals surface area contributed by atoms with Crippen molar-refractivity contribution in [3.05, 3.63) is 36.4 Å². The molecule has 2 heterocycles. The fraction of sp³-hybridized carbons (Fsp3) is 0.500. The van der Waals surface area contributed by atoms with Crippen LogP contribution < -0.4 is 5.73 Å². The molecule has 2 aromatic heterocycles. The van der Waals surface area contributed by atoms with Gasteiger partial charge in [0, 0.05) is 57.3 Å². The smallest absolute Gasteiger partial charge is 0.110 e. The summed E-state index contributed by atoms with van der Waals surface area (Å²) in [5, 5.41) is 0. The Morgan fingerprint density at radius 1 is 1.24 bits per heavy atom. The minimum absolute atomic E-state index is 0.143. The molecule has 1 unspecified atom stereocenters. The third kappa shape index (κ3) is 2.94. The summed E-state index contributed by atoms with van der Waals surface area (Å²) < 4.78 is 4.19. The van der Waals surface area contributed by atoms with Gasteiger partial charge in [0.1, 0.15) is 11.6 Å². The second kappa shape index (κ2) is 5.14.